The van der Waals surface area contributed by atoms with Gasteiger partial charge in [-0.1, -0.05) is 41.5 Å². The summed E-state index contributed by atoms with van der Waals surface area (Å²) in [6.07, 6.45) is 0.733. The Labute approximate surface area is 224 Å². The number of amides is 5. The van der Waals surface area contributed by atoms with Gasteiger partial charge in [0.1, 0.15) is 12.1 Å². The van der Waals surface area contributed by atoms with E-state index in [0.717, 1.165) is 4.90 Å². The predicted molar refractivity (Wildman–Crippen MR) is 139 cm³/mol. The number of likely N-dealkylation sites (tertiary alicyclic amines) is 1. The minimum Gasteiger partial charge on any atom is -0.356 e. The molecule has 6 atom stereocenters. The molecule has 11 nitrogen and oxygen atoms in total. The molecule has 2 heterocycles. The fraction of sp³-hybridized carbons (Fsp3) is 0.778. The van der Waals surface area contributed by atoms with Crippen molar-refractivity contribution in [3.05, 3.63) is 0 Å². The first-order valence-electron chi connectivity index (χ1n) is 13.5. The molecule has 1 aliphatic carbocycles. The van der Waals surface area contributed by atoms with Crippen molar-refractivity contribution in [1.82, 2.24) is 25.8 Å². The Morgan fingerprint density at radius 1 is 1.13 bits per heavy atom. The first-order chi connectivity index (χ1) is 17.5. The number of nitrogens with one attached hydrogen (secondary N) is 3. The predicted octanol–water partition coefficient (Wildman–Crippen LogP) is 0.0786. The molecule has 2 unspecified atom stereocenters. The molecule has 0 aromatic heterocycles. The molecule has 2 saturated heterocycles. The lowest BCUT2D eigenvalue weighted by molar-refractivity contribution is -0.148. The lowest BCUT2D eigenvalue weighted by Crippen LogP contribution is -2.60. The third-order valence-corrected chi connectivity index (χ3v) is 8.43. The van der Waals surface area contributed by atoms with Crippen LogP contribution in [0.3, 0.4) is 0 Å². The van der Waals surface area contributed by atoms with Crippen LogP contribution in [0.15, 0.2) is 0 Å². The second kappa shape index (κ2) is 10.6. The second-order valence-corrected chi connectivity index (χ2v) is 12.7. The highest BCUT2D eigenvalue weighted by Crippen LogP contribution is 2.65. The number of likely N-dealkylation sites (N-methyl/N-ethyl adjacent to an activating group) is 1. The van der Waals surface area contributed by atoms with Gasteiger partial charge in [0.2, 0.25) is 29.4 Å². The Bertz CT molecular complexity index is 1020. The molecule has 3 aliphatic rings. The molecule has 3 rings (SSSR count). The number of hydrogen-bond acceptors (Lipinski definition) is 6. The number of carbonyl (C=O) groups excluding carboxylic acids is 6. The number of rotatable bonds is 9. The molecule has 0 spiro atoms. The topological polar surface area (TPSA) is 145 Å². The highest BCUT2D eigenvalue weighted by molar-refractivity contribution is 6.38. The number of fused-ring (bicyclic) bond motifs is 1. The zero-order valence-corrected chi connectivity index (χ0v) is 23.8. The monoisotopic (exact) mass is 533 g/mol. The summed E-state index contributed by atoms with van der Waals surface area (Å²) in [5, 5.41) is 8.30. The molecule has 11 heteroatoms. The molecule has 3 N–H and O–H groups in total. The summed E-state index contributed by atoms with van der Waals surface area (Å²) in [5.41, 5.74) is -0.773. The molecule has 0 aromatic carbocycles. The Morgan fingerprint density at radius 3 is 2.26 bits per heavy atom. The van der Waals surface area contributed by atoms with Crippen molar-refractivity contribution in [3.63, 3.8) is 0 Å². The van der Waals surface area contributed by atoms with Crippen molar-refractivity contribution in [1.29, 1.82) is 0 Å². The molecule has 3 fully saturated rings. The van der Waals surface area contributed by atoms with Gasteiger partial charge in [0.25, 0.3) is 5.91 Å². The first-order valence-corrected chi connectivity index (χ1v) is 13.5. The maximum absolute atomic E-state index is 13.8. The fourth-order valence-electron chi connectivity index (χ4n) is 5.90. The summed E-state index contributed by atoms with van der Waals surface area (Å²) in [5.74, 6) is -3.42. The summed E-state index contributed by atoms with van der Waals surface area (Å²) in [7, 11) is 2.90. The quantitative estimate of drug-likeness (QED) is 0.358. The van der Waals surface area contributed by atoms with Crippen LogP contribution < -0.4 is 16.0 Å². The van der Waals surface area contributed by atoms with E-state index in [-0.39, 0.29) is 47.8 Å². The molecule has 38 heavy (non-hydrogen) atoms. The maximum atomic E-state index is 13.8. The van der Waals surface area contributed by atoms with Gasteiger partial charge in [0.15, 0.2) is 0 Å². The van der Waals surface area contributed by atoms with Gasteiger partial charge in [-0.3, -0.25) is 28.8 Å². The van der Waals surface area contributed by atoms with E-state index in [1.54, 1.807) is 6.92 Å². The van der Waals surface area contributed by atoms with Crippen LogP contribution in [-0.4, -0.2) is 90.4 Å². The van der Waals surface area contributed by atoms with E-state index in [2.05, 4.69) is 16.0 Å². The van der Waals surface area contributed by atoms with Crippen molar-refractivity contribution in [2.24, 2.45) is 28.6 Å². The summed E-state index contributed by atoms with van der Waals surface area (Å²) >= 11 is 0. The molecule has 5 amide bonds. The Morgan fingerprint density at radius 2 is 1.76 bits per heavy atom. The SMILES string of the molecule is CCC(=O)NC(C(=O)N1CC2[C@@H]([C@H]1C(=O)N[C@@H](C[C@@H]1CCNC1=O)C(=O)C(=O)N(C)C)C2(C)C)C(C)(C)C. The summed E-state index contributed by atoms with van der Waals surface area (Å²) in [6, 6.07) is -2.88. The van der Waals surface area contributed by atoms with E-state index >= 15 is 0 Å². The second-order valence-electron chi connectivity index (χ2n) is 12.7. The summed E-state index contributed by atoms with van der Waals surface area (Å²) in [6.45, 7) is 12.2. The lowest BCUT2D eigenvalue weighted by Gasteiger charge is -2.38. The van der Waals surface area contributed by atoms with E-state index in [9.17, 15) is 28.8 Å². The normalized spacial score (nSPS) is 27.1. The highest BCUT2D eigenvalue weighted by atomic mass is 16.2. The third-order valence-electron chi connectivity index (χ3n) is 8.43. The minimum atomic E-state index is -1.19. The van der Waals surface area contributed by atoms with Gasteiger partial charge in [-0.25, -0.2) is 0 Å². The van der Waals surface area contributed by atoms with Crippen LogP contribution in [0, 0.1) is 28.6 Å². The van der Waals surface area contributed by atoms with Crippen LogP contribution in [0.1, 0.15) is 60.8 Å². The average Bonchev–Trinajstić information content (AvgIpc) is 3.19. The van der Waals surface area contributed by atoms with Crippen molar-refractivity contribution in [3.8, 4) is 0 Å². The Kier molecular flexibility index (Phi) is 8.29. The van der Waals surface area contributed by atoms with Gasteiger partial charge in [0.05, 0.1) is 6.04 Å². The van der Waals surface area contributed by atoms with Gasteiger partial charge in [-0.15, -0.1) is 0 Å². The van der Waals surface area contributed by atoms with Crippen LogP contribution in [0.4, 0.5) is 0 Å². The molecule has 0 bridgehead atoms. The van der Waals surface area contributed by atoms with Crippen LogP contribution >= 0.6 is 0 Å². The Balaban J connectivity index is 1.89. The standard InChI is InChI=1S/C27H43N5O6/c1-9-17(33)30-21(26(2,3)4)25(38)32-13-15-18(27(15,5)6)19(32)23(36)29-16(20(34)24(37)31(7)8)12-14-10-11-28-22(14)35/h14-16,18-19,21H,9-13H2,1-8H3,(H,28,35)(H,29,36)(H,30,33)/t14-,15?,16-,18-,19-,21?/m0/s1. The average molecular weight is 534 g/mol. The Hall–Kier alpha value is -2.98. The van der Waals surface area contributed by atoms with E-state index in [0.29, 0.717) is 19.5 Å². The maximum Gasteiger partial charge on any atom is 0.291 e. The molecular weight excluding hydrogens is 490 g/mol. The highest BCUT2D eigenvalue weighted by Gasteiger charge is 2.70. The minimum absolute atomic E-state index is 0.00527. The molecule has 212 valence electrons. The number of Topliss-reactive ketones (excluding diaryl/α,β-unsaturated/α-hetero) is 1. The van der Waals surface area contributed by atoms with E-state index in [4.69, 9.17) is 0 Å². The lowest BCUT2D eigenvalue weighted by atomic mass is 9.85. The van der Waals surface area contributed by atoms with Crippen LogP contribution in [0.25, 0.3) is 0 Å². The van der Waals surface area contributed by atoms with Crippen molar-refractivity contribution in [2.75, 3.05) is 27.2 Å². The van der Waals surface area contributed by atoms with Gasteiger partial charge < -0.3 is 25.8 Å². The summed E-state index contributed by atoms with van der Waals surface area (Å²) < 4.78 is 0. The number of ketones is 1. The van der Waals surface area contributed by atoms with Gasteiger partial charge >= 0.3 is 0 Å². The van der Waals surface area contributed by atoms with Gasteiger partial charge in [0, 0.05) is 39.5 Å². The largest absolute Gasteiger partial charge is 0.356 e. The van der Waals surface area contributed by atoms with Gasteiger partial charge in [-0.05, 0) is 35.5 Å². The zero-order chi connectivity index (χ0) is 28.7. The number of nitrogens with zero attached hydrogens (tertiary/aromatic N) is 2. The van der Waals surface area contributed by atoms with Crippen LogP contribution in [0.2, 0.25) is 0 Å². The zero-order valence-electron chi connectivity index (χ0n) is 23.8. The van der Waals surface area contributed by atoms with E-state index in [1.165, 1.54) is 19.0 Å². The van der Waals surface area contributed by atoms with Crippen molar-refractivity contribution < 1.29 is 28.8 Å². The number of carbonyl (C=O) groups is 6. The molecule has 1 saturated carbocycles. The number of hydrogen-bond donors (Lipinski definition) is 3. The summed E-state index contributed by atoms with van der Waals surface area (Å²) in [4.78, 5) is 80.4. The fourth-order valence-corrected chi connectivity index (χ4v) is 5.90. The van der Waals surface area contributed by atoms with E-state index < -0.39 is 47.1 Å². The van der Waals surface area contributed by atoms with Crippen molar-refractivity contribution in [2.45, 2.75) is 78.9 Å². The molecule has 2 aliphatic heterocycles. The number of piperidine rings is 1. The van der Waals surface area contributed by atoms with Crippen molar-refractivity contribution >= 4 is 35.3 Å². The first kappa shape index (κ1) is 29.6. The smallest absolute Gasteiger partial charge is 0.291 e. The van der Waals surface area contributed by atoms with E-state index in [1.807, 2.05) is 34.6 Å². The molecular formula is C27H43N5O6. The third kappa shape index (κ3) is 5.71. The molecule has 0 radical (unpaired) electrons. The van der Waals surface area contributed by atoms with Gasteiger partial charge in [-0.2, -0.15) is 0 Å². The van der Waals surface area contributed by atoms with Crippen LogP contribution in [-0.2, 0) is 28.8 Å². The molecule has 0 aromatic rings. The van der Waals surface area contributed by atoms with Crippen LogP contribution in [0.5, 0.6) is 0 Å².